The van der Waals surface area contributed by atoms with E-state index in [2.05, 4.69) is 124 Å². The molecule has 0 aliphatic rings. The summed E-state index contributed by atoms with van der Waals surface area (Å²) in [7, 11) is 0. The van der Waals surface area contributed by atoms with Crippen molar-refractivity contribution >= 4 is 0 Å². The van der Waals surface area contributed by atoms with Gasteiger partial charge in [0.25, 0.3) is 0 Å². The van der Waals surface area contributed by atoms with E-state index in [1.54, 1.807) is 0 Å². The van der Waals surface area contributed by atoms with Gasteiger partial charge in [0.2, 0.25) is 0 Å². The standard InChI is InChI=1S/C25H18F2.C25H20/c1-17-4-5-22(14-18(17)2)12-10-20-6-8-21(9-7-20)11-13-23-15-24(26)19(3)25(27)16-23;1-19-4-7-22(8-5-19)10-11-23-12-14-24(15-13-23)16-17-25-9-6-20(2)21(3)18-25/h4-9,14-16H,1-3H3;4-9,12-15,18H,1-3H3. The number of halogens is 2. The molecular weight excluding hydrogens is 639 g/mol. The number of hydrogen-bond donors (Lipinski definition) is 0. The van der Waals surface area contributed by atoms with Gasteiger partial charge in [-0.15, -0.1) is 0 Å². The van der Waals surface area contributed by atoms with Gasteiger partial charge >= 0.3 is 0 Å². The van der Waals surface area contributed by atoms with Gasteiger partial charge in [0.15, 0.2) is 0 Å². The van der Waals surface area contributed by atoms with Gasteiger partial charge in [-0.2, -0.15) is 0 Å². The molecule has 6 aromatic carbocycles. The second-order valence-electron chi connectivity index (χ2n) is 12.7. The zero-order valence-corrected chi connectivity index (χ0v) is 30.3. The van der Waals surface area contributed by atoms with E-state index in [0.717, 1.165) is 38.9 Å². The van der Waals surface area contributed by atoms with Gasteiger partial charge in [-0.05, 0) is 161 Å². The zero-order chi connectivity index (χ0) is 37.0. The summed E-state index contributed by atoms with van der Waals surface area (Å²) in [5.41, 5.74) is 13.3. The van der Waals surface area contributed by atoms with E-state index in [1.165, 1.54) is 46.9 Å². The highest BCUT2D eigenvalue weighted by molar-refractivity contribution is 5.51. The number of aryl methyl sites for hydroxylation is 5. The molecule has 0 aliphatic carbocycles. The van der Waals surface area contributed by atoms with Crippen molar-refractivity contribution in [3.63, 3.8) is 0 Å². The Labute approximate surface area is 307 Å². The third-order valence-corrected chi connectivity index (χ3v) is 8.52. The normalized spacial score (nSPS) is 9.69. The first-order chi connectivity index (χ1) is 25.0. The van der Waals surface area contributed by atoms with Crippen LogP contribution in [-0.4, -0.2) is 0 Å². The minimum absolute atomic E-state index is 0.00671. The minimum atomic E-state index is -0.587. The number of rotatable bonds is 0. The van der Waals surface area contributed by atoms with Crippen LogP contribution in [0.3, 0.4) is 0 Å². The third-order valence-electron chi connectivity index (χ3n) is 8.52. The fourth-order valence-electron chi connectivity index (χ4n) is 4.84. The quantitative estimate of drug-likeness (QED) is 0.141. The van der Waals surface area contributed by atoms with Crippen molar-refractivity contribution in [1.82, 2.24) is 0 Å². The summed E-state index contributed by atoms with van der Waals surface area (Å²) in [6.45, 7) is 11.9. The molecule has 0 spiro atoms. The van der Waals surface area contributed by atoms with Crippen LogP contribution in [0.25, 0.3) is 0 Å². The lowest BCUT2D eigenvalue weighted by Gasteiger charge is -1.99. The molecule has 0 radical (unpaired) electrons. The van der Waals surface area contributed by atoms with E-state index < -0.39 is 11.6 Å². The van der Waals surface area contributed by atoms with E-state index in [4.69, 9.17) is 0 Å². The average Bonchev–Trinajstić information content (AvgIpc) is 3.15. The van der Waals surface area contributed by atoms with Gasteiger partial charge in [-0.3, -0.25) is 0 Å². The SMILES string of the molecule is Cc1ccc(C#Cc2ccc(C#Cc3cc(F)c(C)c(F)c3)cc2)cc1C.Cc1ccc(C#Cc2ccc(C#Cc3ccc(C)c(C)c3)cc2)cc1. The molecule has 6 aromatic rings. The fourth-order valence-corrected chi connectivity index (χ4v) is 4.84. The van der Waals surface area contributed by atoms with Crippen LogP contribution in [0.5, 0.6) is 0 Å². The summed E-state index contributed by atoms with van der Waals surface area (Å²) in [6, 6.07) is 38.7. The fraction of sp³-hybridized carbons (Fsp3) is 0.120. The molecule has 0 amide bonds. The lowest BCUT2D eigenvalue weighted by atomic mass is 10.1. The number of hydrogen-bond acceptors (Lipinski definition) is 0. The van der Waals surface area contributed by atoms with Crippen molar-refractivity contribution in [2.75, 3.05) is 0 Å². The van der Waals surface area contributed by atoms with Crippen LogP contribution in [0.1, 0.15) is 77.9 Å². The lowest BCUT2D eigenvalue weighted by Crippen LogP contribution is -1.90. The molecule has 0 N–H and O–H groups in total. The van der Waals surface area contributed by atoms with Gasteiger partial charge < -0.3 is 0 Å². The van der Waals surface area contributed by atoms with Crippen LogP contribution in [-0.2, 0) is 0 Å². The van der Waals surface area contributed by atoms with Crippen LogP contribution in [0, 0.1) is 101 Å². The Hall–Kier alpha value is -6.58. The molecule has 0 saturated carbocycles. The summed E-state index contributed by atoms with van der Waals surface area (Å²) < 4.78 is 27.1. The molecule has 0 bridgehead atoms. The highest BCUT2D eigenvalue weighted by atomic mass is 19.1. The Morgan fingerprint density at radius 2 is 0.558 bits per heavy atom. The van der Waals surface area contributed by atoms with E-state index in [-0.39, 0.29) is 5.56 Å². The molecule has 252 valence electrons. The summed E-state index contributed by atoms with van der Waals surface area (Å²) in [4.78, 5) is 0. The van der Waals surface area contributed by atoms with Crippen LogP contribution in [0.15, 0.2) is 121 Å². The Balaban J connectivity index is 0.000000202. The smallest absolute Gasteiger partial charge is 0.130 e. The molecule has 0 unspecified atom stereocenters. The van der Waals surface area contributed by atoms with Crippen molar-refractivity contribution < 1.29 is 8.78 Å². The minimum Gasteiger partial charge on any atom is -0.207 e. The van der Waals surface area contributed by atoms with Gasteiger partial charge in [0.05, 0.1) is 0 Å². The van der Waals surface area contributed by atoms with E-state index in [0.29, 0.717) is 5.56 Å². The first-order valence-corrected chi connectivity index (χ1v) is 17.0. The van der Waals surface area contributed by atoms with Crippen LogP contribution < -0.4 is 0 Å². The maximum atomic E-state index is 13.6. The van der Waals surface area contributed by atoms with Gasteiger partial charge in [0, 0.05) is 50.1 Å². The molecule has 0 aliphatic heterocycles. The predicted molar refractivity (Wildman–Crippen MR) is 211 cm³/mol. The first kappa shape index (κ1) is 36.7. The molecule has 0 aromatic heterocycles. The van der Waals surface area contributed by atoms with Crippen molar-refractivity contribution in [2.24, 2.45) is 0 Å². The van der Waals surface area contributed by atoms with Crippen LogP contribution >= 0.6 is 0 Å². The van der Waals surface area contributed by atoms with Crippen molar-refractivity contribution in [3.05, 3.63) is 211 Å². The molecule has 0 atom stereocenters. The monoisotopic (exact) mass is 676 g/mol. The van der Waals surface area contributed by atoms with Crippen molar-refractivity contribution in [2.45, 2.75) is 41.5 Å². The topological polar surface area (TPSA) is 0 Å². The Morgan fingerprint density at radius 1 is 0.288 bits per heavy atom. The predicted octanol–water partition coefficient (Wildman–Crippen LogP) is 11.1. The third kappa shape index (κ3) is 10.7. The van der Waals surface area contributed by atoms with Gasteiger partial charge in [-0.25, -0.2) is 8.78 Å². The molecule has 2 heteroatoms. The van der Waals surface area contributed by atoms with Crippen LogP contribution in [0.4, 0.5) is 8.78 Å². The van der Waals surface area contributed by atoms with E-state index in [1.807, 2.05) is 66.7 Å². The molecule has 52 heavy (non-hydrogen) atoms. The molecular formula is C50H38F2. The molecule has 0 nitrogen and oxygen atoms in total. The Morgan fingerprint density at radius 3 is 0.885 bits per heavy atom. The zero-order valence-electron chi connectivity index (χ0n) is 30.3. The molecule has 0 fully saturated rings. The van der Waals surface area contributed by atoms with Gasteiger partial charge in [0.1, 0.15) is 11.6 Å². The summed E-state index contributed by atoms with van der Waals surface area (Å²) in [6.07, 6.45) is 0. The average molecular weight is 677 g/mol. The highest BCUT2D eigenvalue weighted by Gasteiger charge is 2.05. The highest BCUT2D eigenvalue weighted by Crippen LogP contribution is 2.14. The van der Waals surface area contributed by atoms with Crippen LogP contribution in [0.2, 0.25) is 0 Å². The summed E-state index contributed by atoms with van der Waals surface area (Å²) in [5.74, 6) is 23.7. The van der Waals surface area contributed by atoms with Crippen molar-refractivity contribution in [1.29, 1.82) is 0 Å². The van der Waals surface area contributed by atoms with E-state index in [9.17, 15) is 8.78 Å². The second-order valence-corrected chi connectivity index (χ2v) is 12.7. The maximum absolute atomic E-state index is 13.6. The molecule has 6 rings (SSSR count). The summed E-state index contributed by atoms with van der Waals surface area (Å²) in [5, 5.41) is 0. The van der Waals surface area contributed by atoms with E-state index >= 15 is 0 Å². The maximum Gasteiger partial charge on any atom is 0.130 e. The number of benzene rings is 6. The largest absolute Gasteiger partial charge is 0.207 e. The Kier molecular flexibility index (Phi) is 12.3. The van der Waals surface area contributed by atoms with Gasteiger partial charge in [-0.1, -0.05) is 77.2 Å². The summed E-state index contributed by atoms with van der Waals surface area (Å²) >= 11 is 0. The first-order valence-electron chi connectivity index (χ1n) is 17.0. The molecule has 0 saturated heterocycles. The van der Waals surface area contributed by atoms with Crippen molar-refractivity contribution in [3.8, 4) is 47.4 Å². The Bertz CT molecular complexity index is 2450. The molecule has 0 heterocycles. The lowest BCUT2D eigenvalue weighted by molar-refractivity contribution is 0.567. The second kappa shape index (κ2) is 17.4.